The van der Waals surface area contributed by atoms with E-state index >= 15 is 0 Å². The molecule has 3 rings (SSSR count). The second-order valence-electron chi connectivity index (χ2n) is 6.21. The first kappa shape index (κ1) is 17.1. The molecule has 0 aliphatic carbocycles. The molecule has 1 aromatic carbocycles. The molecule has 0 saturated heterocycles. The second kappa shape index (κ2) is 6.61. The van der Waals surface area contributed by atoms with Crippen LogP contribution in [0.25, 0.3) is 0 Å². The zero-order chi connectivity index (χ0) is 17.4. The number of benzene rings is 1. The number of likely N-dealkylation sites (N-methyl/N-ethyl adjacent to an activating group) is 1. The van der Waals surface area contributed by atoms with Crippen molar-refractivity contribution in [2.75, 3.05) is 29.9 Å². The maximum absolute atomic E-state index is 6.40. The van der Waals surface area contributed by atoms with Crippen LogP contribution >= 0.6 is 23.2 Å². The molecule has 2 aromatic rings. The summed E-state index contributed by atoms with van der Waals surface area (Å²) >= 11 is 12.4. The molecule has 0 amide bonds. The van der Waals surface area contributed by atoms with E-state index in [2.05, 4.69) is 26.3 Å². The summed E-state index contributed by atoms with van der Waals surface area (Å²) in [5.74, 6) is 2.64. The van der Waals surface area contributed by atoms with E-state index in [0.717, 1.165) is 53.8 Å². The third-order valence-corrected chi connectivity index (χ3v) is 4.52. The highest BCUT2D eigenvalue weighted by molar-refractivity contribution is 6.36. The fourth-order valence-corrected chi connectivity index (χ4v) is 3.58. The summed E-state index contributed by atoms with van der Waals surface area (Å²) in [4.78, 5) is 13.6. The molecular weight excluding hydrogens is 343 g/mol. The summed E-state index contributed by atoms with van der Waals surface area (Å²) < 4.78 is 0. The number of rotatable bonds is 4. The van der Waals surface area contributed by atoms with Crippen molar-refractivity contribution in [1.29, 1.82) is 0 Å². The predicted molar refractivity (Wildman–Crippen MR) is 102 cm³/mol. The minimum atomic E-state index is 0.628. The molecule has 1 aliphatic rings. The van der Waals surface area contributed by atoms with Gasteiger partial charge in [-0.1, -0.05) is 35.4 Å². The summed E-state index contributed by atoms with van der Waals surface area (Å²) in [7, 11) is 2.04. The van der Waals surface area contributed by atoms with Gasteiger partial charge >= 0.3 is 0 Å². The summed E-state index contributed by atoms with van der Waals surface area (Å²) in [5, 5.41) is 1.26. The molecule has 0 fully saturated rings. The fourth-order valence-electron chi connectivity index (χ4n) is 3.07. The van der Waals surface area contributed by atoms with Crippen LogP contribution in [0.2, 0.25) is 10.0 Å². The number of halogens is 2. The van der Waals surface area contributed by atoms with Crippen molar-refractivity contribution >= 4 is 40.5 Å². The Kier molecular flexibility index (Phi) is 4.70. The van der Waals surface area contributed by atoms with Gasteiger partial charge in [-0.05, 0) is 38.5 Å². The Morgan fingerprint density at radius 3 is 2.75 bits per heavy atom. The summed E-state index contributed by atoms with van der Waals surface area (Å²) in [6.45, 7) is 9.52. The van der Waals surface area contributed by atoms with E-state index in [9.17, 15) is 0 Å². The zero-order valence-corrected chi connectivity index (χ0v) is 15.6. The number of nitrogens with zero attached hydrogens (tertiary/aromatic N) is 4. The Balaban J connectivity index is 2.05. The smallest absolute Gasteiger partial charge is 0.142 e. The standard InChI is InChI=1S/C18H20Cl2N4/c1-11(2)10-23(4)17-14-7-8-24(18(14)22-12(3)21-17)16-6-5-13(19)9-15(16)20/h5-6,9H,1,7-8,10H2,2-4H3. The van der Waals surface area contributed by atoms with Gasteiger partial charge in [0, 0.05) is 30.7 Å². The number of hydrogen-bond acceptors (Lipinski definition) is 4. The Morgan fingerprint density at radius 1 is 1.33 bits per heavy atom. The van der Waals surface area contributed by atoms with Crippen LogP contribution in [0.3, 0.4) is 0 Å². The highest BCUT2D eigenvalue weighted by Gasteiger charge is 2.28. The molecule has 1 aromatic heterocycles. The first-order chi connectivity index (χ1) is 11.4. The topological polar surface area (TPSA) is 32.3 Å². The Bertz CT molecular complexity index is 804. The molecule has 126 valence electrons. The largest absolute Gasteiger partial charge is 0.355 e. The summed E-state index contributed by atoms with van der Waals surface area (Å²) in [6.07, 6.45) is 0.879. The van der Waals surface area contributed by atoms with Gasteiger partial charge in [0.15, 0.2) is 0 Å². The van der Waals surface area contributed by atoms with Gasteiger partial charge in [-0.25, -0.2) is 9.97 Å². The molecule has 0 bridgehead atoms. The van der Waals surface area contributed by atoms with E-state index in [1.165, 1.54) is 0 Å². The van der Waals surface area contributed by atoms with Crippen molar-refractivity contribution in [3.8, 4) is 0 Å². The average Bonchev–Trinajstić information content (AvgIpc) is 2.89. The van der Waals surface area contributed by atoms with Crippen LogP contribution in [0.4, 0.5) is 17.3 Å². The first-order valence-corrected chi connectivity index (χ1v) is 8.58. The Hall–Kier alpha value is -1.78. The Labute approximate surface area is 152 Å². The molecule has 0 saturated carbocycles. The molecule has 0 unspecified atom stereocenters. The maximum Gasteiger partial charge on any atom is 0.142 e. The van der Waals surface area contributed by atoms with E-state index in [1.54, 1.807) is 6.07 Å². The minimum absolute atomic E-state index is 0.628. The molecular formula is C18H20Cl2N4. The first-order valence-electron chi connectivity index (χ1n) is 7.82. The molecule has 0 atom stereocenters. The third kappa shape index (κ3) is 3.21. The van der Waals surface area contributed by atoms with Crippen LogP contribution in [0.1, 0.15) is 18.3 Å². The van der Waals surface area contributed by atoms with Gasteiger partial charge in [-0.2, -0.15) is 0 Å². The molecule has 24 heavy (non-hydrogen) atoms. The lowest BCUT2D eigenvalue weighted by Gasteiger charge is -2.23. The lowest BCUT2D eigenvalue weighted by molar-refractivity contribution is 0.910. The van der Waals surface area contributed by atoms with E-state index in [-0.39, 0.29) is 0 Å². The molecule has 0 radical (unpaired) electrons. The molecule has 4 nitrogen and oxygen atoms in total. The SMILES string of the molecule is C=C(C)CN(C)c1nc(C)nc2c1CCN2c1ccc(Cl)cc1Cl. The summed E-state index contributed by atoms with van der Waals surface area (Å²) in [6, 6.07) is 5.55. The van der Waals surface area contributed by atoms with Gasteiger partial charge in [-0.3, -0.25) is 0 Å². The van der Waals surface area contributed by atoms with Gasteiger partial charge < -0.3 is 9.80 Å². The van der Waals surface area contributed by atoms with Crippen LogP contribution in [-0.2, 0) is 6.42 Å². The lowest BCUT2D eigenvalue weighted by atomic mass is 10.2. The lowest BCUT2D eigenvalue weighted by Crippen LogP contribution is -2.22. The van der Waals surface area contributed by atoms with E-state index in [1.807, 2.05) is 33.0 Å². The normalized spacial score (nSPS) is 13.1. The van der Waals surface area contributed by atoms with Gasteiger partial charge in [0.2, 0.25) is 0 Å². The van der Waals surface area contributed by atoms with Crippen LogP contribution in [0.5, 0.6) is 0 Å². The number of fused-ring (bicyclic) bond motifs is 1. The molecule has 0 spiro atoms. The van der Waals surface area contributed by atoms with Crippen molar-refractivity contribution < 1.29 is 0 Å². The van der Waals surface area contributed by atoms with Gasteiger partial charge in [0.1, 0.15) is 17.5 Å². The monoisotopic (exact) mass is 362 g/mol. The minimum Gasteiger partial charge on any atom is -0.355 e. The second-order valence-corrected chi connectivity index (χ2v) is 7.05. The fraction of sp³-hybridized carbons (Fsp3) is 0.333. The van der Waals surface area contributed by atoms with Crippen molar-refractivity contribution in [1.82, 2.24) is 9.97 Å². The van der Waals surface area contributed by atoms with Crippen LogP contribution in [0.15, 0.2) is 30.4 Å². The van der Waals surface area contributed by atoms with Crippen molar-refractivity contribution in [3.63, 3.8) is 0 Å². The number of aryl methyl sites for hydroxylation is 1. The number of hydrogen-bond donors (Lipinski definition) is 0. The van der Waals surface area contributed by atoms with Crippen LogP contribution in [0, 0.1) is 6.92 Å². The maximum atomic E-state index is 6.40. The van der Waals surface area contributed by atoms with Crippen LogP contribution in [-0.4, -0.2) is 30.1 Å². The van der Waals surface area contributed by atoms with Crippen LogP contribution < -0.4 is 9.80 Å². The predicted octanol–water partition coefficient (Wildman–Crippen LogP) is 4.80. The quantitative estimate of drug-likeness (QED) is 0.731. The molecule has 2 heterocycles. The average molecular weight is 363 g/mol. The van der Waals surface area contributed by atoms with Gasteiger partial charge in [0.25, 0.3) is 0 Å². The highest BCUT2D eigenvalue weighted by atomic mass is 35.5. The van der Waals surface area contributed by atoms with Gasteiger partial charge in [0.05, 0.1) is 10.7 Å². The van der Waals surface area contributed by atoms with E-state index in [4.69, 9.17) is 23.2 Å². The highest BCUT2D eigenvalue weighted by Crippen LogP contribution is 2.40. The van der Waals surface area contributed by atoms with Gasteiger partial charge in [-0.15, -0.1) is 0 Å². The van der Waals surface area contributed by atoms with E-state index in [0.29, 0.717) is 10.0 Å². The van der Waals surface area contributed by atoms with E-state index < -0.39 is 0 Å². The van der Waals surface area contributed by atoms with Crippen molar-refractivity contribution in [3.05, 3.63) is 51.8 Å². The summed E-state index contributed by atoms with van der Waals surface area (Å²) in [5.41, 5.74) is 3.17. The molecule has 6 heteroatoms. The third-order valence-electron chi connectivity index (χ3n) is 3.99. The Morgan fingerprint density at radius 2 is 2.08 bits per heavy atom. The number of aromatic nitrogens is 2. The molecule has 0 N–H and O–H groups in total. The molecule has 1 aliphatic heterocycles. The van der Waals surface area contributed by atoms with Crippen molar-refractivity contribution in [2.45, 2.75) is 20.3 Å². The number of anilines is 3. The van der Waals surface area contributed by atoms with Crippen molar-refractivity contribution in [2.24, 2.45) is 0 Å². The zero-order valence-electron chi connectivity index (χ0n) is 14.1.